The Hall–Kier alpha value is -1.15. The fourth-order valence-electron chi connectivity index (χ4n) is 3.18. The number of carbonyl (C=O) groups is 1. The second-order valence-electron chi connectivity index (χ2n) is 7.01. The van der Waals surface area contributed by atoms with Crippen LogP contribution in [0.15, 0.2) is 29.2 Å². The van der Waals surface area contributed by atoms with E-state index in [4.69, 9.17) is 5.73 Å². The molecule has 154 valence electrons. The molecule has 1 heterocycles. The van der Waals surface area contributed by atoms with Crippen LogP contribution in [0.5, 0.6) is 0 Å². The number of nitrogens with two attached hydrogens (primary N) is 1. The molecule has 1 aliphatic heterocycles. The van der Waals surface area contributed by atoms with Crippen molar-refractivity contribution in [3.63, 3.8) is 0 Å². The van der Waals surface area contributed by atoms with Gasteiger partial charge in [-0.3, -0.25) is 4.79 Å². The summed E-state index contributed by atoms with van der Waals surface area (Å²) in [7, 11) is -3.44. The van der Waals surface area contributed by atoms with Crippen LogP contribution in [0.4, 0.5) is 0 Å². The number of sulfonamides is 1. The highest BCUT2D eigenvalue weighted by Crippen LogP contribution is 2.21. The van der Waals surface area contributed by atoms with Crippen LogP contribution in [-0.4, -0.2) is 44.3 Å². The Bertz CT molecular complexity index is 672. The number of benzene rings is 1. The summed E-state index contributed by atoms with van der Waals surface area (Å²) in [6.07, 6.45) is 5.83. The van der Waals surface area contributed by atoms with Crippen LogP contribution in [0, 0.1) is 6.92 Å². The monoisotopic (exact) mass is 417 g/mol. The van der Waals surface area contributed by atoms with Gasteiger partial charge in [-0.25, -0.2) is 8.42 Å². The van der Waals surface area contributed by atoms with E-state index in [1.807, 2.05) is 19.1 Å². The fraction of sp³-hybridized carbons (Fsp3) is 0.632. The van der Waals surface area contributed by atoms with Gasteiger partial charge in [-0.2, -0.15) is 4.31 Å². The van der Waals surface area contributed by atoms with E-state index in [1.165, 1.54) is 4.31 Å². The van der Waals surface area contributed by atoms with Crippen molar-refractivity contribution in [3.8, 4) is 0 Å². The lowest BCUT2D eigenvalue weighted by atomic mass is 10.1. The lowest BCUT2D eigenvalue weighted by Gasteiger charge is -2.31. The number of nitrogens with zero attached hydrogens (tertiary/aromatic N) is 1. The highest BCUT2D eigenvalue weighted by molar-refractivity contribution is 7.89. The summed E-state index contributed by atoms with van der Waals surface area (Å²) >= 11 is 0. The molecule has 1 aliphatic rings. The van der Waals surface area contributed by atoms with E-state index >= 15 is 0 Å². The standard InChI is InChI=1S/C19H31N3O3S.ClH/c1-16-7-9-18(10-8-16)26(24,25)22-14-11-17(12-15-22)21-19(23)6-4-2-3-5-13-20;/h7-10,17H,2-6,11-15,20H2,1H3,(H,21,23);1H. The first kappa shape index (κ1) is 23.9. The first-order valence-electron chi connectivity index (χ1n) is 9.49. The van der Waals surface area contributed by atoms with Crippen LogP contribution in [0.25, 0.3) is 0 Å². The van der Waals surface area contributed by atoms with Crippen molar-refractivity contribution in [1.29, 1.82) is 0 Å². The van der Waals surface area contributed by atoms with Crippen LogP contribution in [0.2, 0.25) is 0 Å². The third-order valence-electron chi connectivity index (χ3n) is 4.84. The van der Waals surface area contributed by atoms with Gasteiger partial charge in [0.2, 0.25) is 15.9 Å². The van der Waals surface area contributed by atoms with E-state index in [1.54, 1.807) is 12.1 Å². The predicted molar refractivity (Wildman–Crippen MR) is 110 cm³/mol. The maximum absolute atomic E-state index is 12.7. The minimum atomic E-state index is -3.44. The largest absolute Gasteiger partial charge is 0.353 e. The normalized spacial score (nSPS) is 15.9. The number of nitrogens with one attached hydrogen (secondary N) is 1. The molecular formula is C19H32ClN3O3S. The third kappa shape index (κ3) is 7.41. The molecule has 0 saturated carbocycles. The fourth-order valence-corrected chi connectivity index (χ4v) is 4.65. The maximum Gasteiger partial charge on any atom is 0.243 e. The molecule has 1 aromatic rings. The van der Waals surface area contributed by atoms with Gasteiger partial charge in [0.05, 0.1) is 4.90 Å². The van der Waals surface area contributed by atoms with Gasteiger partial charge in [0.1, 0.15) is 0 Å². The van der Waals surface area contributed by atoms with E-state index in [0.29, 0.717) is 43.8 Å². The van der Waals surface area contributed by atoms with Crippen molar-refractivity contribution in [1.82, 2.24) is 9.62 Å². The Balaban J connectivity index is 0.00000364. The van der Waals surface area contributed by atoms with Crippen molar-refractivity contribution < 1.29 is 13.2 Å². The number of aryl methyl sites for hydroxylation is 1. The first-order valence-corrected chi connectivity index (χ1v) is 10.9. The minimum absolute atomic E-state index is 0. The molecule has 0 aliphatic carbocycles. The number of carbonyl (C=O) groups excluding carboxylic acids is 1. The second-order valence-corrected chi connectivity index (χ2v) is 8.95. The van der Waals surface area contributed by atoms with Crippen LogP contribution in [0.3, 0.4) is 0 Å². The number of hydrogen-bond acceptors (Lipinski definition) is 4. The molecule has 1 amide bonds. The number of hydrogen-bond donors (Lipinski definition) is 2. The van der Waals surface area contributed by atoms with Crippen LogP contribution < -0.4 is 11.1 Å². The van der Waals surface area contributed by atoms with Crippen molar-refractivity contribution in [2.24, 2.45) is 5.73 Å². The number of amides is 1. The molecule has 0 unspecified atom stereocenters. The van der Waals surface area contributed by atoms with Gasteiger partial charge in [-0.05, 0) is 51.3 Å². The maximum atomic E-state index is 12.7. The molecule has 1 saturated heterocycles. The summed E-state index contributed by atoms with van der Waals surface area (Å²) in [5, 5.41) is 3.04. The topological polar surface area (TPSA) is 92.5 Å². The summed E-state index contributed by atoms with van der Waals surface area (Å²) < 4.78 is 26.9. The van der Waals surface area contributed by atoms with E-state index in [2.05, 4.69) is 5.32 Å². The van der Waals surface area contributed by atoms with E-state index in [0.717, 1.165) is 31.2 Å². The zero-order valence-electron chi connectivity index (χ0n) is 16.0. The number of piperidine rings is 1. The Morgan fingerprint density at radius 1 is 1.11 bits per heavy atom. The van der Waals surface area contributed by atoms with Crippen molar-refractivity contribution in [2.45, 2.75) is 62.8 Å². The lowest BCUT2D eigenvalue weighted by molar-refractivity contribution is -0.122. The average molecular weight is 418 g/mol. The second kappa shape index (κ2) is 11.6. The quantitative estimate of drug-likeness (QED) is 0.604. The Morgan fingerprint density at radius 3 is 2.30 bits per heavy atom. The van der Waals surface area contributed by atoms with Gasteiger partial charge >= 0.3 is 0 Å². The smallest absolute Gasteiger partial charge is 0.243 e. The average Bonchev–Trinajstić information content (AvgIpc) is 2.62. The zero-order valence-corrected chi connectivity index (χ0v) is 17.7. The van der Waals surface area contributed by atoms with Crippen molar-refractivity contribution in [3.05, 3.63) is 29.8 Å². The van der Waals surface area contributed by atoms with Gasteiger partial charge in [0.15, 0.2) is 0 Å². The Labute approximate surface area is 169 Å². The summed E-state index contributed by atoms with van der Waals surface area (Å²) in [6, 6.07) is 7.00. The van der Waals surface area contributed by atoms with Crippen LogP contribution in [-0.2, 0) is 14.8 Å². The van der Waals surface area contributed by atoms with Gasteiger partial charge < -0.3 is 11.1 Å². The van der Waals surface area contributed by atoms with E-state index in [-0.39, 0.29) is 24.4 Å². The molecule has 0 bridgehead atoms. The molecule has 0 radical (unpaired) electrons. The predicted octanol–water partition coefficient (Wildman–Crippen LogP) is 2.60. The molecule has 1 fully saturated rings. The molecule has 1 aromatic carbocycles. The van der Waals surface area contributed by atoms with Crippen molar-refractivity contribution in [2.75, 3.05) is 19.6 Å². The number of rotatable bonds is 9. The lowest BCUT2D eigenvalue weighted by Crippen LogP contribution is -2.46. The molecule has 8 heteroatoms. The van der Waals surface area contributed by atoms with Crippen molar-refractivity contribution >= 4 is 28.3 Å². The first-order chi connectivity index (χ1) is 12.4. The molecule has 0 aromatic heterocycles. The van der Waals surface area contributed by atoms with Gasteiger partial charge in [0.25, 0.3) is 0 Å². The molecule has 0 atom stereocenters. The molecule has 2 rings (SSSR count). The Kier molecular flexibility index (Phi) is 10.3. The summed E-state index contributed by atoms with van der Waals surface area (Å²) in [6.45, 7) is 3.52. The molecular weight excluding hydrogens is 386 g/mol. The van der Waals surface area contributed by atoms with Gasteiger partial charge in [-0.15, -0.1) is 12.4 Å². The minimum Gasteiger partial charge on any atom is -0.353 e. The molecule has 0 spiro atoms. The molecule has 3 N–H and O–H groups in total. The molecule has 27 heavy (non-hydrogen) atoms. The zero-order chi connectivity index (χ0) is 19.0. The number of halogens is 1. The summed E-state index contributed by atoms with van der Waals surface area (Å²) in [4.78, 5) is 12.3. The van der Waals surface area contributed by atoms with Crippen LogP contribution >= 0.6 is 12.4 Å². The van der Waals surface area contributed by atoms with Gasteiger partial charge in [0, 0.05) is 25.6 Å². The SMILES string of the molecule is Cc1ccc(S(=O)(=O)N2CCC(NC(=O)CCCCCCN)CC2)cc1.Cl. The Morgan fingerprint density at radius 2 is 1.70 bits per heavy atom. The van der Waals surface area contributed by atoms with E-state index in [9.17, 15) is 13.2 Å². The molecule has 6 nitrogen and oxygen atoms in total. The summed E-state index contributed by atoms with van der Waals surface area (Å²) in [5.41, 5.74) is 6.49. The number of unbranched alkanes of at least 4 members (excludes halogenated alkanes) is 3. The highest BCUT2D eigenvalue weighted by Gasteiger charge is 2.29. The van der Waals surface area contributed by atoms with Gasteiger partial charge in [-0.1, -0.05) is 30.5 Å². The van der Waals surface area contributed by atoms with E-state index < -0.39 is 10.0 Å². The van der Waals surface area contributed by atoms with Crippen LogP contribution in [0.1, 0.15) is 50.5 Å². The summed E-state index contributed by atoms with van der Waals surface area (Å²) in [5.74, 6) is 0.0672. The third-order valence-corrected chi connectivity index (χ3v) is 6.75. The highest BCUT2D eigenvalue weighted by atomic mass is 35.5.